The van der Waals surface area contributed by atoms with Crippen LogP contribution in [0.1, 0.15) is 194 Å². The van der Waals surface area contributed by atoms with E-state index in [2.05, 4.69) is 90.9 Å². The zero-order valence-electron chi connectivity index (χ0n) is 41.0. The predicted molar refractivity (Wildman–Crippen MR) is 266 cm³/mol. The molecular formula is C53H92O12S. The maximum atomic E-state index is 12.9. The molecule has 13 heteroatoms. The molecule has 6 unspecified atom stereocenters. The molecule has 0 amide bonds. The standard InChI is InChI=1S/C53H92O12S/c1-3-5-7-9-11-13-15-17-19-21-23-25-27-29-31-33-35-37-39-41-43-61-45-47(46-62-53-51(57)52(65-66(58,59)60)50(56)48(44-54)64-53)63-49(55)42-40-38-36-34-32-30-28-26-24-22-20-18-16-14-12-10-8-6-4-2/h5,7,11-14,17-20,23,25,47-48,50-54,56-57H,3-4,6,8-10,15-16,21-22,24,26-46H2,1-2H3,(H,58,59,60)/b7-5-,13-11-,14-12-,19-17-,20-18-,25-23-. The van der Waals surface area contributed by atoms with E-state index in [-0.39, 0.29) is 19.6 Å². The number of hydrogen-bond donors (Lipinski definition) is 4. The highest BCUT2D eigenvalue weighted by molar-refractivity contribution is 7.80. The van der Waals surface area contributed by atoms with Crippen molar-refractivity contribution in [3.05, 3.63) is 72.9 Å². The third-order valence-electron chi connectivity index (χ3n) is 11.3. The SMILES string of the molecule is CC/C=C\C/C=C\C/C=C\C/C=C\CCCCCCCCCOCC(COC1OC(CO)C(O)C(OS(=O)(=O)O)C1O)OC(=O)CCCCCCCCCCC/C=C\C/C=C\CCCCC. The fourth-order valence-corrected chi connectivity index (χ4v) is 7.97. The van der Waals surface area contributed by atoms with Crippen LogP contribution in [0.4, 0.5) is 0 Å². The Kier molecular flexibility index (Phi) is 40.8. The van der Waals surface area contributed by atoms with E-state index in [1.54, 1.807) is 0 Å². The minimum atomic E-state index is -5.07. The average Bonchev–Trinajstić information content (AvgIpc) is 3.29. The van der Waals surface area contributed by atoms with Gasteiger partial charge in [0, 0.05) is 13.0 Å². The number of hydrogen-bond acceptors (Lipinski definition) is 11. The molecule has 0 bridgehead atoms. The summed E-state index contributed by atoms with van der Waals surface area (Å²) in [6, 6.07) is 0. The van der Waals surface area contributed by atoms with Crippen molar-refractivity contribution in [2.45, 2.75) is 230 Å². The van der Waals surface area contributed by atoms with Crippen LogP contribution in [-0.4, -0.2) is 97.5 Å². The van der Waals surface area contributed by atoms with E-state index < -0.39 is 59.8 Å². The number of aliphatic hydroxyl groups is 3. The number of unbranched alkanes of at least 4 members (excludes halogenated alkanes) is 19. The van der Waals surface area contributed by atoms with E-state index in [0.717, 1.165) is 89.9 Å². The molecule has 4 N–H and O–H groups in total. The van der Waals surface area contributed by atoms with E-state index in [4.69, 9.17) is 18.9 Å². The fourth-order valence-electron chi connectivity index (χ4n) is 7.46. The van der Waals surface area contributed by atoms with E-state index in [1.165, 1.54) is 77.0 Å². The van der Waals surface area contributed by atoms with Gasteiger partial charge in [-0.05, 0) is 83.5 Å². The second-order valence-corrected chi connectivity index (χ2v) is 18.4. The number of rotatable bonds is 44. The van der Waals surface area contributed by atoms with Crippen LogP contribution in [0.25, 0.3) is 0 Å². The maximum absolute atomic E-state index is 12.9. The van der Waals surface area contributed by atoms with Crippen molar-refractivity contribution in [2.75, 3.05) is 26.4 Å². The van der Waals surface area contributed by atoms with Crippen LogP contribution in [0.5, 0.6) is 0 Å². The highest BCUT2D eigenvalue weighted by atomic mass is 32.3. The first-order valence-corrected chi connectivity index (χ1v) is 27.1. The Morgan fingerprint density at radius 2 is 1.05 bits per heavy atom. The van der Waals surface area contributed by atoms with Crippen LogP contribution in [-0.2, 0) is 38.3 Å². The Bertz CT molecular complexity index is 1420. The summed E-state index contributed by atoms with van der Waals surface area (Å²) in [7, 11) is -5.07. The van der Waals surface area contributed by atoms with E-state index in [1.807, 2.05) is 0 Å². The minimum absolute atomic E-state index is 0.0235. The summed E-state index contributed by atoms with van der Waals surface area (Å²) < 4.78 is 59.3. The van der Waals surface area contributed by atoms with Crippen LogP contribution < -0.4 is 0 Å². The van der Waals surface area contributed by atoms with Gasteiger partial charge < -0.3 is 34.3 Å². The quantitative estimate of drug-likeness (QED) is 0.0197. The summed E-state index contributed by atoms with van der Waals surface area (Å²) in [5, 5.41) is 30.8. The average molecular weight is 953 g/mol. The van der Waals surface area contributed by atoms with Crippen molar-refractivity contribution in [1.82, 2.24) is 0 Å². The van der Waals surface area contributed by atoms with Crippen molar-refractivity contribution < 1.29 is 56.2 Å². The highest BCUT2D eigenvalue weighted by Gasteiger charge is 2.48. The number of carbonyl (C=O) groups is 1. The monoisotopic (exact) mass is 953 g/mol. The van der Waals surface area contributed by atoms with Crippen LogP contribution in [0, 0.1) is 0 Å². The van der Waals surface area contributed by atoms with Gasteiger partial charge in [0.1, 0.15) is 30.5 Å². The van der Waals surface area contributed by atoms with Crippen molar-refractivity contribution in [2.24, 2.45) is 0 Å². The zero-order valence-corrected chi connectivity index (χ0v) is 41.8. The Hall–Kier alpha value is -2.46. The molecule has 1 aliphatic heterocycles. The van der Waals surface area contributed by atoms with Crippen molar-refractivity contribution in [3.63, 3.8) is 0 Å². The lowest BCUT2D eigenvalue weighted by Gasteiger charge is -2.41. The first-order valence-electron chi connectivity index (χ1n) is 25.7. The summed E-state index contributed by atoms with van der Waals surface area (Å²) in [5.74, 6) is -0.410. The third-order valence-corrected chi connectivity index (χ3v) is 11.8. The molecule has 0 aromatic heterocycles. The normalized spacial score (nSPS) is 20.1. The first kappa shape index (κ1) is 61.6. The molecule has 1 heterocycles. The Labute approximate surface area is 401 Å². The number of allylic oxidation sites excluding steroid dienone is 12. The van der Waals surface area contributed by atoms with E-state index in [0.29, 0.717) is 13.0 Å². The van der Waals surface area contributed by atoms with E-state index >= 15 is 0 Å². The second-order valence-electron chi connectivity index (χ2n) is 17.4. The summed E-state index contributed by atoms with van der Waals surface area (Å²) in [4.78, 5) is 12.9. The molecule has 1 rings (SSSR count). The van der Waals surface area contributed by atoms with Gasteiger partial charge in [0.25, 0.3) is 0 Å². The van der Waals surface area contributed by atoms with Crippen LogP contribution in [0.3, 0.4) is 0 Å². The third kappa shape index (κ3) is 36.6. The number of esters is 1. The zero-order chi connectivity index (χ0) is 48.2. The molecule has 382 valence electrons. The lowest BCUT2D eigenvalue weighted by Crippen LogP contribution is -2.60. The molecule has 6 atom stereocenters. The number of aliphatic hydroxyl groups excluding tert-OH is 3. The van der Waals surface area contributed by atoms with Gasteiger partial charge in [-0.25, -0.2) is 4.18 Å². The van der Waals surface area contributed by atoms with Crippen molar-refractivity contribution in [3.8, 4) is 0 Å². The molecule has 12 nitrogen and oxygen atoms in total. The Morgan fingerprint density at radius 1 is 0.591 bits per heavy atom. The molecule has 66 heavy (non-hydrogen) atoms. The first-order chi connectivity index (χ1) is 32.1. The lowest BCUT2D eigenvalue weighted by molar-refractivity contribution is -0.301. The van der Waals surface area contributed by atoms with Crippen LogP contribution in [0.15, 0.2) is 72.9 Å². The summed E-state index contributed by atoms with van der Waals surface area (Å²) in [5.41, 5.74) is 0. The van der Waals surface area contributed by atoms with Gasteiger partial charge in [-0.1, -0.05) is 177 Å². The van der Waals surface area contributed by atoms with Gasteiger partial charge in [-0.3, -0.25) is 9.35 Å². The second kappa shape index (κ2) is 43.8. The Morgan fingerprint density at radius 3 is 1.53 bits per heavy atom. The maximum Gasteiger partial charge on any atom is 0.397 e. The molecule has 0 aromatic carbocycles. The molecule has 1 saturated heterocycles. The molecular weight excluding hydrogens is 861 g/mol. The largest absolute Gasteiger partial charge is 0.457 e. The van der Waals surface area contributed by atoms with Gasteiger partial charge in [-0.15, -0.1) is 0 Å². The van der Waals surface area contributed by atoms with Crippen LogP contribution >= 0.6 is 0 Å². The smallest absolute Gasteiger partial charge is 0.397 e. The molecule has 0 saturated carbocycles. The van der Waals surface area contributed by atoms with Gasteiger partial charge in [0.15, 0.2) is 6.29 Å². The lowest BCUT2D eigenvalue weighted by atomic mass is 9.99. The van der Waals surface area contributed by atoms with Crippen LogP contribution in [0.2, 0.25) is 0 Å². The Balaban J connectivity index is 2.38. The molecule has 0 aliphatic carbocycles. The van der Waals surface area contributed by atoms with Gasteiger partial charge in [0.05, 0.1) is 19.8 Å². The summed E-state index contributed by atoms with van der Waals surface area (Å²) >= 11 is 0. The molecule has 0 spiro atoms. The van der Waals surface area contributed by atoms with Crippen molar-refractivity contribution >= 4 is 16.4 Å². The van der Waals surface area contributed by atoms with Gasteiger partial charge >= 0.3 is 16.4 Å². The molecule has 1 aliphatic rings. The topological polar surface area (TPSA) is 178 Å². The molecule has 1 fully saturated rings. The van der Waals surface area contributed by atoms with Gasteiger partial charge in [-0.2, -0.15) is 8.42 Å². The molecule has 0 aromatic rings. The highest BCUT2D eigenvalue weighted by Crippen LogP contribution is 2.26. The number of carbonyl (C=O) groups excluding carboxylic acids is 1. The van der Waals surface area contributed by atoms with Gasteiger partial charge in [0.2, 0.25) is 0 Å². The number of ether oxygens (including phenoxy) is 4. The fraction of sp³-hybridized carbons (Fsp3) is 0.755. The van der Waals surface area contributed by atoms with E-state index in [9.17, 15) is 33.1 Å². The molecule has 0 radical (unpaired) electrons. The summed E-state index contributed by atoms with van der Waals surface area (Å²) in [6.07, 6.45) is 47.8. The minimum Gasteiger partial charge on any atom is -0.457 e. The summed E-state index contributed by atoms with van der Waals surface area (Å²) in [6.45, 7) is 3.83. The predicted octanol–water partition coefficient (Wildman–Crippen LogP) is 11.9. The van der Waals surface area contributed by atoms with Crippen molar-refractivity contribution in [1.29, 1.82) is 0 Å².